The van der Waals surface area contributed by atoms with Gasteiger partial charge in [0, 0.05) is 37.8 Å². The van der Waals surface area contributed by atoms with Crippen LogP contribution in [0, 0.1) is 23.7 Å². The molecule has 0 N–H and O–H groups in total. The molecule has 36 heavy (non-hydrogen) atoms. The van der Waals surface area contributed by atoms with Crippen molar-refractivity contribution in [3.05, 3.63) is 35.4 Å². The summed E-state index contributed by atoms with van der Waals surface area (Å²) in [5.41, 5.74) is 1.78. The second kappa shape index (κ2) is 9.08. The molecule has 0 unspecified atom stereocenters. The molecule has 1 saturated carbocycles. The number of carbonyl (C=O) groups is 2. The van der Waals surface area contributed by atoms with E-state index in [1.807, 2.05) is 24.0 Å². The Morgan fingerprint density at radius 1 is 1.06 bits per heavy atom. The van der Waals surface area contributed by atoms with Crippen molar-refractivity contribution in [2.24, 2.45) is 23.7 Å². The summed E-state index contributed by atoms with van der Waals surface area (Å²) in [4.78, 5) is 39.5. The summed E-state index contributed by atoms with van der Waals surface area (Å²) in [5.74, 6) is -0.568. The normalized spacial score (nSPS) is 41.1. The molecule has 5 fully saturated rings. The number of hydrogen-bond donors (Lipinski definition) is 0. The van der Waals surface area contributed by atoms with Gasteiger partial charge in [0.25, 0.3) is 0 Å². The molecule has 8 heteroatoms. The van der Waals surface area contributed by atoms with Crippen molar-refractivity contribution in [1.29, 1.82) is 0 Å². The minimum Gasteiger partial charge on any atom is -0.435 e. The van der Waals surface area contributed by atoms with Gasteiger partial charge in [-0.15, -0.1) is 0 Å². The van der Waals surface area contributed by atoms with Gasteiger partial charge in [-0.25, -0.2) is 9.78 Å². The van der Waals surface area contributed by atoms with Gasteiger partial charge < -0.3 is 19.1 Å². The molecule has 8 atom stereocenters. The van der Waals surface area contributed by atoms with E-state index in [9.17, 15) is 9.59 Å². The SMILES string of the molecule is C[C@H]1[C@H](OC(=O)CCC(=O)N2CCc3ccccc3C2)O[C@@H]2O[C@@]3(C)CC[C@@H]4[C@H](C)CC[C@H]1[C@@]24OO3. The molecular formula is C28H37NO7. The lowest BCUT2D eigenvalue weighted by Crippen LogP contribution is -2.70. The van der Waals surface area contributed by atoms with Crippen LogP contribution in [0.1, 0.15) is 70.4 Å². The number of amides is 1. The average Bonchev–Trinajstić information content (AvgIpc) is 3.11. The number of nitrogens with zero attached hydrogens (tertiary/aromatic N) is 1. The minimum absolute atomic E-state index is 0.0231. The minimum atomic E-state index is -0.869. The van der Waals surface area contributed by atoms with E-state index in [1.165, 1.54) is 11.1 Å². The summed E-state index contributed by atoms with van der Waals surface area (Å²) in [6.07, 6.45) is 3.32. The fraction of sp³-hybridized carbons (Fsp3) is 0.714. The first-order chi connectivity index (χ1) is 17.3. The van der Waals surface area contributed by atoms with E-state index in [0.29, 0.717) is 19.0 Å². The van der Waals surface area contributed by atoms with E-state index < -0.39 is 29.9 Å². The van der Waals surface area contributed by atoms with Crippen LogP contribution in [-0.4, -0.2) is 47.3 Å². The van der Waals surface area contributed by atoms with E-state index >= 15 is 0 Å². The van der Waals surface area contributed by atoms with Crippen molar-refractivity contribution in [2.75, 3.05) is 6.54 Å². The Morgan fingerprint density at radius 2 is 1.86 bits per heavy atom. The third-order valence-corrected chi connectivity index (χ3v) is 9.37. The zero-order chi connectivity index (χ0) is 25.1. The largest absolute Gasteiger partial charge is 0.435 e. The van der Waals surface area contributed by atoms with Crippen molar-refractivity contribution in [3.8, 4) is 0 Å². The lowest BCUT2D eigenvalue weighted by atomic mass is 9.58. The molecule has 0 aromatic heterocycles. The third-order valence-electron chi connectivity index (χ3n) is 9.37. The number of hydrogen-bond acceptors (Lipinski definition) is 7. The van der Waals surface area contributed by atoms with Crippen LogP contribution in [0.5, 0.6) is 0 Å². The second-order valence-corrected chi connectivity index (χ2v) is 11.6. The summed E-state index contributed by atoms with van der Waals surface area (Å²) in [7, 11) is 0. The van der Waals surface area contributed by atoms with Gasteiger partial charge in [-0.2, -0.15) is 0 Å². The molecule has 1 aromatic rings. The van der Waals surface area contributed by atoms with E-state index in [0.717, 1.165) is 32.1 Å². The quantitative estimate of drug-likeness (QED) is 0.456. The Balaban J connectivity index is 1.10. The lowest BCUT2D eigenvalue weighted by Gasteiger charge is -2.59. The number of rotatable bonds is 4. The fourth-order valence-corrected chi connectivity index (χ4v) is 7.27. The van der Waals surface area contributed by atoms with E-state index in [2.05, 4.69) is 26.0 Å². The maximum atomic E-state index is 12.8. The Hall–Kier alpha value is -2.00. The first kappa shape index (κ1) is 24.3. The Kier molecular flexibility index (Phi) is 6.14. The first-order valence-corrected chi connectivity index (χ1v) is 13.5. The van der Waals surface area contributed by atoms with Gasteiger partial charge in [-0.3, -0.25) is 9.59 Å². The second-order valence-electron chi connectivity index (χ2n) is 11.6. The molecule has 2 bridgehead atoms. The molecule has 5 heterocycles. The van der Waals surface area contributed by atoms with E-state index in [-0.39, 0.29) is 36.5 Å². The summed E-state index contributed by atoms with van der Waals surface area (Å²) in [6, 6.07) is 8.20. The van der Waals surface area contributed by atoms with Gasteiger partial charge in [-0.05, 0) is 55.6 Å². The predicted molar refractivity (Wildman–Crippen MR) is 128 cm³/mol. The van der Waals surface area contributed by atoms with Crippen molar-refractivity contribution < 1.29 is 33.6 Å². The van der Waals surface area contributed by atoms with Gasteiger partial charge in [0.15, 0.2) is 11.9 Å². The van der Waals surface area contributed by atoms with Crippen LogP contribution in [-0.2, 0) is 46.5 Å². The highest BCUT2D eigenvalue weighted by Crippen LogP contribution is 2.60. The maximum Gasteiger partial charge on any atom is 0.308 e. The molecule has 196 valence electrons. The maximum absolute atomic E-state index is 12.8. The highest BCUT2D eigenvalue weighted by Gasteiger charge is 2.69. The number of carbonyl (C=O) groups excluding carboxylic acids is 2. The lowest BCUT2D eigenvalue weighted by molar-refractivity contribution is -0.576. The van der Waals surface area contributed by atoms with Crippen molar-refractivity contribution in [3.63, 3.8) is 0 Å². The summed E-state index contributed by atoms with van der Waals surface area (Å²) in [5, 5.41) is 0. The van der Waals surface area contributed by atoms with E-state index in [4.69, 9.17) is 24.0 Å². The summed E-state index contributed by atoms with van der Waals surface area (Å²) >= 11 is 0. The molecule has 4 saturated heterocycles. The zero-order valence-electron chi connectivity index (χ0n) is 21.4. The molecule has 1 spiro atoms. The fourth-order valence-electron chi connectivity index (χ4n) is 7.27. The van der Waals surface area contributed by atoms with Crippen LogP contribution in [0.25, 0.3) is 0 Å². The Labute approximate surface area is 212 Å². The van der Waals surface area contributed by atoms with E-state index in [1.54, 1.807) is 0 Å². The molecular weight excluding hydrogens is 462 g/mol. The number of fused-ring (bicyclic) bond motifs is 3. The van der Waals surface area contributed by atoms with Gasteiger partial charge in [0.2, 0.25) is 18.0 Å². The molecule has 1 amide bonds. The first-order valence-electron chi connectivity index (χ1n) is 13.5. The summed E-state index contributed by atoms with van der Waals surface area (Å²) in [6.45, 7) is 7.47. The van der Waals surface area contributed by atoms with Crippen molar-refractivity contribution in [2.45, 2.75) is 96.2 Å². The average molecular weight is 500 g/mol. The van der Waals surface area contributed by atoms with Gasteiger partial charge in [-0.1, -0.05) is 38.1 Å². The smallest absolute Gasteiger partial charge is 0.308 e. The predicted octanol–water partition coefficient (Wildman–Crippen LogP) is 4.10. The Bertz CT molecular complexity index is 1030. The molecule has 1 aliphatic carbocycles. The molecule has 7 rings (SSSR count). The molecule has 8 nitrogen and oxygen atoms in total. The van der Waals surface area contributed by atoms with Gasteiger partial charge in [0.1, 0.15) is 0 Å². The number of ether oxygens (including phenoxy) is 3. The van der Waals surface area contributed by atoms with Gasteiger partial charge >= 0.3 is 5.97 Å². The van der Waals surface area contributed by atoms with Crippen molar-refractivity contribution >= 4 is 11.9 Å². The summed E-state index contributed by atoms with van der Waals surface area (Å²) < 4.78 is 18.5. The molecule has 6 aliphatic rings. The van der Waals surface area contributed by atoms with Crippen LogP contribution in [0.2, 0.25) is 0 Å². The van der Waals surface area contributed by atoms with Crippen LogP contribution < -0.4 is 0 Å². The molecule has 1 aromatic carbocycles. The van der Waals surface area contributed by atoms with Crippen LogP contribution in [0.3, 0.4) is 0 Å². The van der Waals surface area contributed by atoms with Crippen LogP contribution in [0.4, 0.5) is 0 Å². The molecule has 5 aliphatic heterocycles. The zero-order valence-corrected chi connectivity index (χ0v) is 21.4. The number of benzene rings is 1. The third kappa shape index (κ3) is 3.97. The highest BCUT2D eigenvalue weighted by atomic mass is 17.3. The number of esters is 1. The highest BCUT2D eigenvalue weighted by molar-refractivity contribution is 5.81. The van der Waals surface area contributed by atoms with Gasteiger partial charge in [0.05, 0.1) is 6.42 Å². The standard InChI is InChI=1S/C28H37NO7/c1-17-8-9-22-18(2)25(33-26-28(22)21(17)12-14-27(3,34-26)35-36-28)32-24(31)11-10-23(30)29-15-13-19-6-4-5-7-20(19)16-29/h4-7,17-18,21-22,25-26H,8-16H2,1-3H3/t17-,18-,21-,22-,25-,26-,27-,28-/m1/s1. The van der Waals surface area contributed by atoms with Crippen LogP contribution in [0.15, 0.2) is 24.3 Å². The van der Waals surface area contributed by atoms with Crippen LogP contribution >= 0.6 is 0 Å². The topological polar surface area (TPSA) is 83.5 Å². The monoisotopic (exact) mass is 499 g/mol. The molecule has 0 radical (unpaired) electrons. The van der Waals surface area contributed by atoms with Crippen molar-refractivity contribution in [1.82, 2.24) is 4.90 Å². The Morgan fingerprint density at radius 3 is 2.69 bits per heavy atom.